The van der Waals surface area contributed by atoms with E-state index in [1.165, 1.54) is 6.20 Å². The molecule has 0 N–H and O–H groups in total. The number of aryl methyl sites for hydroxylation is 1. The van der Waals surface area contributed by atoms with Gasteiger partial charge in [-0.1, -0.05) is 20.3 Å². The van der Waals surface area contributed by atoms with Crippen molar-refractivity contribution < 1.29 is 8.42 Å². The lowest BCUT2D eigenvalue weighted by Crippen LogP contribution is -2.07. The van der Waals surface area contributed by atoms with Gasteiger partial charge in [-0.05, 0) is 12.8 Å². The first-order chi connectivity index (χ1) is 6.84. The second kappa shape index (κ2) is 4.53. The molecular weight excluding hydrogens is 236 g/mol. The van der Waals surface area contributed by atoms with E-state index in [2.05, 4.69) is 18.8 Å². The third-order valence-corrected chi connectivity index (χ3v) is 3.58. The van der Waals surface area contributed by atoms with Gasteiger partial charge < -0.3 is 4.57 Å². The summed E-state index contributed by atoms with van der Waals surface area (Å²) >= 11 is 0. The third kappa shape index (κ3) is 3.21. The highest BCUT2D eigenvalue weighted by Gasteiger charge is 2.16. The lowest BCUT2D eigenvalue weighted by atomic mass is 10.1. The van der Waals surface area contributed by atoms with Crippen molar-refractivity contribution in [3.63, 3.8) is 0 Å². The highest BCUT2D eigenvalue weighted by molar-refractivity contribution is 8.13. The minimum atomic E-state index is -3.71. The Balaban J connectivity index is 2.97. The number of hydrogen-bond acceptors (Lipinski definition) is 3. The molecule has 0 aromatic carbocycles. The Bertz CT molecular complexity index is 439. The maximum atomic E-state index is 11.0. The summed E-state index contributed by atoms with van der Waals surface area (Å²) in [6.45, 7) is 6.74. The number of halogens is 1. The average molecular weight is 251 g/mol. The molecule has 1 aromatic heterocycles. The van der Waals surface area contributed by atoms with Gasteiger partial charge in [0.15, 0.2) is 5.03 Å². The van der Waals surface area contributed by atoms with E-state index in [4.69, 9.17) is 10.7 Å². The van der Waals surface area contributed by atoms with Gasteiger partial charge in [0.2, 0.25) is 0 Å². The van der Waals surface area contributed by atoms with Crippen molar-refractivity contribution in [1.29, 1.82) is 0 Å². The smallest absolute Gasteiger partial charge is 0.280 e. The van der Waals surface area contributed by atoms with Gasteiger partial charge >= 0.3 is 0 Å². The molecule has 0 spiro atoms. The first kappa shape index (κ1) is 12.5. The monoisotopic (exact) mass is 250 g/mol. The van der Waals surface area contributed by atoms with Crippen LogP contribution in [0.3, 0.4) is 0 Å². The molecule has 1 unspecified atom stereocenters. The number of hydrogen-bond donors (Lipinski definition) is 0. The molecule has 0 radical (unpaired) electrons. The SMILES string of the molecule is CCC(C)Cn1cc(S(=O)(=O)Cl)nc1C. The molecular formula is C9H15ClN2O2S. The van der Waals surface area contributed by atoms with E-state index in [-0.39, 0.29) is 5.03 Å². The summed E-state index contributed by atoms with van der Waals surface area (Å²) in [5, 5.41) is -0.0648. The molecule has 0 aliphatic heterocycles. The Morgan fingerprint density at radius 3 is 2.60 bits per heavy atom. The predicted octanol–water partition coefficient (Wildman–Crippen LogP) is 2.17. The zero-order chi connectivity index (χ0) is 11.6. The third-order valence-electron chi connectivity index (χ3n) is 2.41. The highest BCUT2D eigenvalue weighted by atomic mass is 35.7. The second-order valence-corrected chi connectivity index (χ2v) is 6.24. The van der Waals surface area contributed by atoms with Crippen LogP contribution in [0.4, 0.5) is 0 Å². The Hall–Kier alpha value is -0.550. The standard InChI is InChI=1S/C9H15ClN2O2S/c1-4-7(2)5-12-6-9(11-8(12)3)15(10,13)14/h6-7H,4-5H2,1-3H3. The molecule has 0 saturated carbocycles. The van der Waals surface area contributed by atoms with Gasteiger partial charge in [0.1, 0.15) is 5.82 Å². The Morgan fingerprint density at radius 2 is 2.20 bits per heavy atom. The molecule has 15 heavy (non-hydrogen) atoms. The van der Waals surface area contributed by atoms with E-state index < -0.39 is 9.05 Å². The highest BCUT2D eigenvalue weighted by Crippen LogP contribution is 2.15. The van der Waals surface area contributed by atoms with Crippen LogP contribution in [0.2, 0.25) is 0 Å². The molecule has 0 saturated heterocycles. The Labute approximate surface area is 94.7 Å². The summed E-state index contributed by atoms with van der Waals surface area (Å²) in [6.07, 6.45) is 2.53. The van der Waals surface area contributed by atoms with Crippen LogP contribution in [0.1, 0.15) is 26.1 Å². The Morgan fingerprint density at radius 1 is 1.60 bits per heavy atom. The lowest BCUT2D eigenvalue weighted by molar-refractivity contribution is 0.462. The zero-order valence-corrected chi connectivity index (χ0v) is 10.6. The molecule has 1 rings (SSSR count). The van der Waals surface area contributed by atoms with E-state index in [0.717, 1.165) is 13.0 Å². The van der Waals surface area contributed by atoms with Gasteiger partial charge in [-0.2, -0.15) is 0 Å². The predicted molar refractivity (Wildman–Crippen MR) is 59.5 cm³/mol. The lowest BCUT2D eigenvalue weighted by Gasteiger charge is -2.09. The molecule has 1 atom stereocenters. The Kier molecular flexibility index (Phi) is 3.78. The molecule has 4 nitrogen and oxygen atoms in total. The summed E-state index contributed by atoms with van der Waals surface area (Å²) in [5.41, 5.74) is 0. The summed E-state index contributed by atoms with van der Waals surface area (Å²) in [6, 6.07) is 0. The van der Waals surface area contributed by atoms with Crippen molar-refractivity contribution in [3.8, 4) is 0 Å². The van der Waals surface area contributed by atoms with Crippen LogP contribution >= 0.6 is 10.7 Å². The van der Waals surface area contributed by atoms with Crippen LogP contribution in [0.25, 0.3) is 0 Å². The summed E-state index contributed by atoms with van der Waals surface area (Å²) < 4.78 is 23.9. The summed E-state index contributed by atoms with van der Waals surface area (Å²) in [5.74, 6) is 1.17. The number of aromatic nitrogens is 2. The molecule has 0 amide bonds. The normalized spacial score (nSPS) is 14.1. The van der Waals surface area contributed by atoms with Crippen LogP contribution < -0.4 is 0 Å². The molecule has 0 fully saturated rings. The van der Waals surface area contributed by atoms with Crippen molar-refractivity contribution in [1.82, 2.24) is 9.55 Å². The number of rotatable bonds is 4. The number of nitrogens with zero attached hydrogens (tertiary/aromatic N) is 2. The van der Waals surface area contributed by atoms with Crippen molar-refractivity contribution in [2.45, 2.75) is 38.8 Å². The largest absolute Gasteiger partial charge is 0.333 e. The van der Waals surface area contributed by atoms with E-state index in [1.807, 2.05) is 4.57 Å². The molecule has 0 bridgehead atoms. The van der Waals surface area contributed by atoms with Gasteiger partial charge in [0.05, 0.1) is 0 Å². The van der Waals surface area contributed by atoms with E-state index in [9.17, 15) is 8.42 Å². The fourth-order valence-corrected chi connectivity index (χ4v) is 1.96. The van der Waals surface area contributed by atoms with Crippen LogP contribution in [-0.4, -0.2) is 18.0 Å². The van der Waals surface area contributed by atoms with Gasteiger partial charge in [-0.15, -0.1) is 0 Å². The topological polar surface area (TPSA) is 52.0 Å². The molecule has 0 aliphatic rings. The maximum Gasteiger partial charge on any atom is 0.280 e. The maximum absolute atomic E-state index is 11.0. The first-order valence-electron chi connectivity index (χ1n) is 4.83. The first-order valence-corrected chi connectivity index (χ1v) is 7.14. The van der Waals surface area contributed by atoms with E-state index in [1.54, 1.807) is 6.92 Å². The average Bonchev–Trinajstić information content (AvgIpc) is 2.47. The molecule has 1 aromatic rings. The van der Waals surface area contributed by atoms with Crippen molar-refractivity contribution >= 4 is 19.7 Å². The minimum absolute atomic E-state index is 0.0648. The van der Waals surface area contributed by atoms with Gasteiger partial charge in [-0.3, -0.25) is 0 Å². The molecule has 86 valence electrons. The second-order valence-electron chi connectivity index (χ2n) is 3.73. The van der Waals surface area contributed by atoms with Crippen LogP contribution in [0.15, 0.2) is 11.2 Å². The van der Waals surface area contributed by atoms with Gasteiger partial charge in [0, 0.05) is 23.4 Å². The van der Waals surface area contributed by atoms with Crippen LogP contribution in [-0.2, 0) is 15.6 Å². The van der Waals surface area contributed by atoms with E-state index >= 15 is 0 Å². The minimum Gasteiger partial charge on any atom is -0.333 e. The molecule has 1 heterocycles. The molecule has 6 heteroatoms. The fourth-order valence-electron chi connectivity index (χ4n) is 1.25. The van der Waals surface area contributed by atoms with Gasteiger partial charge in [0.25, 0.3) is 9.05 Å². The summed E-state index contributed by atoms with van der Waals surface area (Å²) in [7, 11) is 1.50. The number of imidazole rings is 1. The van der Waals surface area contributed by atoms with Crippen LogP contribution in [0, 0.1) is 12.8 Å². The van der Waals surface area contributed by atoms with Crippen LogP contribution in [0.5, 0.6) is 0 Å². The zero-order valence-electron chi connectivity index (χ0n) is 9.07. The van der Waals surface area contributed by atoms with Gasteiger partial charge in [-0.25, -0.2) is 13.4 Å². The van der Waals surface area contributed by atoms with Crippen molar-refractivity contribution in [2.75, 3.05) is 0 Å². The van der Waals surface area contributed by atoms with Crippen molar-refractivity contribution in [2.24, 2.45) is 5.92 Å². The quantitative estimate of drug-likeness (QED) is 0.770. The van der Waals surface area contributed by atoms with E-state index in [0.29, 0.717) is 11.7 Å². The summed E-state index contributed by atoms with van der Waals surface area (Å²) in [4.78, 5) is 3.91. The molecule has 0 aliphatic carbocycles. The van der Waals surface area contributed by atoms with Crippen molar-refractivity contribution in [3.05, 3.63) is 12.0 Å². The fraction of sp³-hybridized carbons (Fsp3) is 0.667.